The van der Waals surface area contributed by atoms with Crippen LogP contribution in [-0.2, 0) is 12.8 Å². The van der Waals surface area contributed by atoms with Crippen LogP contribution in [0, 0.1) is 0 Å². The summed E-state index contributed by atoms with van der Waals surface area (Å²) in [6.07, 6.45) is 6.48. The molecule has 0 aliphatic carbocycles. The highest BCUT2D eigenvalue weighted by Gasteiger charge is 2.19. The predicted molar refractivity (Wildman–Crippen MR) is 103 cm³/mol. The van der Waals surface area contributed by atoms with Gasteiger partial charge in [-0.25, -0.2) is 0 Å². The van der Waals surface area contributed by atoms with E-state index < -0.39 is 0 Å². The van der Waals surface area contributed by atoms with E-state index >= 15 is 0 Å². The number of rotatable bonds is 4. The Morgan fingerprint density at radius 3 is 2.71 bits per heavy atom. The van der Waals surface area contributed by atoms with Gasteiger partial charge in [-0.3, -0.25) is 9.78 Å². The molecule has 3 rings (SSSR count). The lowest BCUT2D eigenvalue weighted by Crippen LogP contribution is -2.30. The minimum atomic E-state index is 0. The molecule has 1 aliphatic heterocycles. The third-order valence-corrected chi connectivity index (χ3v) is 4.16. The van der Waals surface area contributed by atoms with Crippen LogP contribution in [0.2, 0.25) is 0 Å². The van der Waals surface area contributed by atoms with Gasteiger partial charge in [0, 0.05) is 43.8 Å². The van der Waals surface area contributed by atoms with Gasteiger partial charge in [0.2, 0.25) is 0 Å². The van der Waals surface area contributed by atoms with Gasteiger partial charge in [-0.2, -0.15) is 0 Å². The Hall–Kier alpha value is -1.78. The minimum absolute atomic E-state index is 0. The molecule has 24 heavy (non-hydrogen) atoms. The van der Waals surface area contributed by atoms with Crippen molar-refractivity contribution < 1.29 is 4.79 Å². The predicted octanol–water partition coefficient (Wildman–Crippen LogP) is 3.60. The summed E-state index contributed by atoms with van der Waals surface area (Å²) < 4.78 is 0. The van der Waals surface area contributed by atoms with Crippen LogP contribution in [0.15, 0.2) is 42.7 Å². The zero-order chi connectivity index (χ0) is 15.4. The first-order chi connectivity index (χ1) is 10.8. The van der Waals surface area contributed by atoms with E-state index in [-0.39, 0.29) is 30.7 Å². The summed E-state index contributed by atoms with van der Waals surface area (Å²) in [4.78, 5) is 18.5. The highest BCUT2D eigenvalue weighted by atomic mass is 35.5. The van der Waals surface area contributed by atoms with Gasteiger partial charge in [0.05, 0.1) is 0 Å². The third-order valence-electron chi connectivity index (χ3n) is 4.16. The fourth-order valence-corrected chi connectivity index (χ4v) is 2.86. The number of carbonyl (C=O) groups excluding carboxylic acids is 1. The smallest absolute Gasteiger partial charge is 0.253 e. The van der Waals surface area contributed by atoms with Crippen LogP contribution in [0.3, 0.4) is 0 Å². The van der Waals surface area contributed by atoms with E-state index in [0.717, 1.165) is 42.6 Å². The molecule has 130 valence electrons. The fourth-order valence-electron chi connectivity index (χ4n) is 2.86. The van der Waals surface area contributed by atoms with Crippen LogP contribution in [0.25, 0.3) is 0 Å². The standard InChI is InChI=1S/C18H21N3O.2ClH/c1-21(13-9-14-7-11-19-12-8-14)18(22)16-4-2-6-17-15(16)5-3-10-20-17;;/h2,4,6-8,11-12,20H,3,5,9-10,13H2,1H3;2*1H. The Balaban J connectivity index is 0.00000144. The first-order valence-electron chi connectivity index (χ1n) is 7.76. The number of nitrogens with zero attached hydrogens (tertiary/aromatic N) is 2. The topological polar surface area (TPSA) is 45.2 Å². The van der Waals surface area contributed by atoms with Gasteiger partial charge >= 0.3 is 0 Å². The lowest BCUT2D eigenvalue weighted by Gasteiger charge is -2.23. The second-order valence-electron chi connectivity index (χ2n) is 5.69. The maximum atomic E-state index is 12.7. The zero-order valence-corrected chi connectivity index (χ0v) is 15.3. The van der Waals surface area contributed by atoms with Crippen molar-refractivity contribution in [2.24, 2.45) is 0 Å². The van der Waals surface area contributed by atoms with Crippen molar-refractivity contribution in [1.29, 1.82) is 0 Å². The summed E-state index contributed by atoms with van der Waals surface area (Å²) >= 11 is 0. The van der Waals surface area contributed by atoms with Crippen molar-refractivity contribution in [3.63, 3.8) is 0 Å². The van der Waals surface area contributed by atoms with Crippen LogP contribution in [-0.4, -0.2) is 35.9 Å². The highest BCUT2D eigenvalue weighted by molar-refractivity contribution is 5.97. The molecule has 1 aliphatic rings. The van der Waals surface area contributed by atoms with Crippen LogP contribution in [0.1, 0.15) is 27.9 Å². The molecule has 0 spiro atoms. The van der Waals surface area contributed by atoms with Crippen LogP contribution < -0.4 is 5.32 Å². The molecule has 0 fully saturated rings. The number of pyridine rings is 1. The molecule has 1 amide bonds. The second kappa shape index (κ2) is 9.50. The highest BCUT2D eigenvalue weighted by Crippen LogP contribution is 2.26. The zero-order valence-electron chi connectivity index (χ0n) is 13.7. The molecule has 0 saturated heterocycles. The van der Waals surface area contributed by atoms with Gasteiger partial charge < -0.3 is 10.2 Å². The average molecular weight is 368 g/mol. The second-order valence-corrected chi connectivity index (χ2v) is 5.69. The molecule has 1 aromatic heterocycles. The molecule has 2 heterocycles. The number of benzene rings is 1. The molecular weight excluding hydrogens is 345 g/mol. The summed E-state index contributed by atoms with van der Waals surface area (Å²) in [6, 6.07) is 9.94. The molecular formula is C18H23Cl2N3O. The summed E-state index contributed by atoms with van der Waals surface area (Å²) in [5.74, 6) is 0.106. The summed E-state index contributed by atoms with van der Waals surface area (Å²) in [5.41, 5.74) is 4.31. The van der Waals surface area contributed by atoms with Gasteiger partial charge in [0.15, 0.2) is 0 Å². The number of hydrogen-bond acceptors (Lipinski definition) is 3. The maximum absolute atomic E-state index is 12.7. The number of carbonyl (C=O) groups is 1. The lowest BCUT2D eigenvalue weighted by atomic mass is 9.97. The summed E-state index contributed by atoms with van der Waals surface area (Å²) in [5, 5.41) is 3.38. The van der Waals surface area contributed by atoms with E-state index in [2.05, 4.69) is 16.4 Å². The van der Waals surface area contributed by atoms with Crippen molar-refractivity contribution in [1.82, 2.24) is 9.88 Å². The van der Waals surface area contributed by atoms with E-state index in [1.54, 1.807) is 12.4 Å². The summed E-state index contributed by atoms with van der Waals surface area (Å²) in [6.45, 7) is 1.70. The largest absolute Gasteiger partial charge is 0.385 e. The SMILES string of the molecule is CN(CCc1ccncc1)C(=O)c1cccc2c1CCCN2.Cl.Cl. The Bertz CT molecular complexity index is 665. The minimum Gasteiger partial charge on any atom is -0.385 e. The Labute approximate surface area is 155 Å². The van der Waals surface area contributed by atoms with E-state index in [1.807, 2.05) is 36.2 Å². The fraction of sp³-hybridized carbons (Fsp3) is 0.333. The quantitative estimate of drug-likeness (QED) is 0.897. The number of nitrogens with one attached hydrogen (secondary N) is 1. The molecule has 1 aromatic carbocycles. The van der Waals surface area contributed by atoms with Gasteiger partial charge in [0.1, 0.15) is 0 Å². The lowest BCUT2D eigenvalue weighted by molar-refractivity contribution is 0.0795. The number of amides is 1. The molecule has 0 radical (unpaired) electrons. The van der Waals surface area contributed by atoms with Gasteiger partial charge in [-0.1, -0.05) is 6.07 Å². The Morgan fingerprint density at radius 1 is 1.21 bits per heavy atom. The third kappa shape index (κ3) is 4.62. The van der Waals surface area contributed by atoms with E-state index in [9.17, 15) is 4.79 Å². The van der Waals surface area contributed by atoms with Crippen molar-refractivity contribution in [3.8, 4) is 0 Å². The molecule has 0 saturated carbocycles. The van der Waals surface area contributed by atoms with Crippen LogP contribution >= 0.6 is 24.8 Å². The monoisotopic (exact) mass is 367 g/mol. The van der Waals surface area contributed by atoms with Gasteiger partial charge in [-0.15, -0.1) is 24.8 Å². The normalized spacial score (nSPS) is 12.0. The molecule has 0 bridgehead atoms. The van der Waals surface area contributed by atoms with Crippen molar-refractivity contribution in [2.75, 3.05) is 25.5 Å². The molecule has 0 atom stereocenters. The first-order valence-corrected chi connectivity index (χ1v) is 7.76. The van der Waals surface area contributed by atoms with E-state index in [1.165, 1.54) is 5.56 Å². The Morgan fingerprint density at radius 2 is 1.96 bits per heavy atom. The number of aromatic nitrogens is 1. The summed E-state index contributed by atoms with van der Waals surface area (Å²) in [7, 11) is 1.87. The number of anilines is 1. The number of hydrogen-bond donors (Lipinski definition) is 1. The maximum Gasteiger partial charge on any atom is 0.253 e. The number of fused-ring (bicyclic) bond motifs is 1. The molecule has 6 heteroatoms. The van der Waals surface area contributed by atoms with E-state index in [0.29, 0.717) is 6.54 Å². The van der Waals surface area contributed by atoms with E-state index in [4.69, 9.17) is 0 Å². The van der Waals surface area contributed by atoms with Gasteiger partial charge in [-0.05, 0) is 54.7 Å². The van der Waals surface area contributed by atoms with Crippen LogP contribution in [0.4, 0.5) is 5.69 Å². The van der Waals surface area contributed by atoms with Crippen molar-refractivity contribution in [3.05, 3.63) is 59.4 Å². The molecule has 1 N–H and O–H groups in total. The average Bonchev–Trinajstić information content (AvgIpc) is 2.59. The molecule has 0 unspecified atom stereocenters. The number of halogens is 2. The van der Waals surface area contributed by atoms with Gasteiger partial charge in [0.25, 0.3) is 5.91 Å². The van der Waals surface area contributed by atoms with Crippen molar-refractivity contribution >= 4 is 36.4 Å². The molecule has 4 nitrogen and oxygen atoms in total. The van der Waals surface area contributed by atoms with Crippen molar-refractivity contribution in [2.45, 2.75) is 19.3 Å². The Kier molecular flexibility index (Phi) is 8.02. The van der Waals surface area contributed by atoms with Crippen LogP contribution in [0.5, 0.6) is 0 Å². The molecule has 2 aromatic rings. The first kappa shape index (κ1) is 20.3. The number of likely N-dealkylation sites (N-methyl/N-ethyl adjacent to an activating group) is 1.